The number of aromatic nitrogens is 1. The van der Waals surface area contributed by atoms with Gasteiger partial charge in [0.1, 0.15) is 0 Å². The third kappa shape index (κ3) is 5.91. The molecule has 0 spiro atoms. The predicted molar refractivity (Wildman–Crippen MR) is 122 cm³/mol. The smallest absolute Gasteiger partial charge is 0.224 e. The minimum absolute atomic E-state index is 0.0180. The maximum absolute atomic E-state index is 12.5. The molecule has 2 aromatic rings. The minimum atomic E-state index is 0.0180. The molecule has 0 saturated carbocycles. The summed E-state index contributed by atoms with van der Waals surface area (Å²) >= 11 is 0. The van der Waals surface area contributed by atoms with E-state index < -0.39 is 0 Å². The maximum Gasteiger partial charge on any atom is 0.224 e. The number of anilines is 1. The van der Waals surface area contributed by atoms with Crippen molar-refractivity contribution in [1.29, 1.82) is 0 Å². The first-order valence-corrected chi connectivity index (χ1v) is 11.0. The number of carbonyl (C=O) groups excluding carboxylic acids is 1. The van der Waals surface area contributed by atoms with E-state index in [-0.39, 0.29) is 5.91 Å². The van der Waals surface area contributed by atoms with Crippen LogP contribution in [-0.4, -0.2) is 60.2 Å². The van der Waals surface area contributed by atoms with E-state index in [1.54, 1.807) is 0 Å². The van der Waals surface area contributed by atoms with Gasteiger partial charge in [-0.3, -0.25) is 14.7 Å². The lowest BCUT2D eigenvalue weighted by molar-refractivity contribution is -0.116. The zero-order chi connectivity index (χ0) is 21.5. The first-order chi connectivity index (χ1) is 15.2. The number of carbonyl (C=O) groups is 1. The molecule has 1 aromatic heterocycles. The van der Waals surface area contributed by atoms with Crippen molar-refractivity contribution in [2.75, 3.05) is 44.7 Å². The summed E-state index contributed by atoms with van der Waals surface area (Å²) in [7, 11) is 0. The molecular weight excluding hydrogens is 390 g/mol. The molecule has 0 radical (unpaired) electrons. The molecule has 1 aromatic carbocycles. The molecule has 2 aliphatic rings. The summed E-state index contributed by atoms with van der Waals surface area (Å²) in [6, 6.07) is 10.2. The number of ether oxygens (including phenoxy) is 1. The molecule has 0 aliphatic carbocycles. The summed E-state index contributed by atoms with van der Waals surface area (Å²) in [5.74, 6) is 0.0180. The number of pyridine rings is 1. The van der Waals surface area contributed by atoms with E-state index in [0.29, 0.717) is 12.8 Å². The maximum atomic E-state index is 12.5. The van der Waals surface area contributed by atoms with Gasteiger partial charge in [-0.1, -0.05) is 12.1 Å². The average Bonchev–Trinajstić information content (AvgIpc) is 3.29. The second kappa shape index (κ2) is 10.5. The molecule has 0 bridgehead atoms. The molecule has 1 fully saturated rings. The largest absolute Gasteiger partial charge is 0.379 e. The first kappa shape index (κ1) is 21.5. The normalized spacial score (nSPS) is 16.9. The number of aryl methyl sites for hydroxylation is 1. The lowest BCUT2D eigenvalue weighted by Crippen LogP contribution is -2.35. The van der Waals surface area contributed by atoms with Gasteiger partial charge < -0.3 is 15.1 Å². The van der Waals surface area contributed by atoms with E-state index in [0.717, 1.165) is 57.2 Å². The fourth-order valence-electron chi connectivity index (χ4n) is 3.96. The van der Waals surface area contributed by atoms with Crippen LogP contribution in [0.2, 0.25) is 0 Å². The molecule has 31 heavy (non-hydrogen) atoms. The van der Waals surface area contributed by atoms with Crippen molar-refractivity contribution < 1.29 is 9.53 Å². The lowest BCUT2D eigenvalue weighted by Gasteiger charge is -2.26. The third-order valence-electron chi connectivity index (χ3n) is 5.74. The average molecular weight is 422 g/mol. The molecule has 3 heterocycles. The van der Waals surface area contributed by atoms with Gasteiger partial charge in [-0.25, -0.2) is 5.43 Å². The Morgan fingerprint density at radius 3 is 2.74 bits per heavy atom. The number of hydrogen-bond donors (Lipinski definition) is 2. The number of hydrazine groups is 1. The van der Waals surface area contributed by atoms with Crippen molar-refractivity contribution in [3.8, 4) is 0 Å². The molecular formula is C24H31N5O2. The van der Waals surface area contributed by atoms with Gasteiger partial charge in [-0.15, -0.1) is 0 Å². The van der Waals surface area contributed by atoms with Crippen LogP contribution in [0.1, 0.15) is 30.0 Å². The first-order valence-electron chi connectivity index (χ1n) is 11.0. The predicted octanol–water partition coefficient (Wildman–Crippen LogP) is 2.67. The van der Waals surface area contributed by atoms with Gasteiger partial charge in [-0.05, 0) is 53.8 Å². The second-order valence-corrected chi connectivity index (χ2v) is 7.94. The Bertz CT molecular complexity index is 906. The third-order valence-corrected chi connectivity index (χ3v) is 5.74. The number of morpholine rings is 1. The monoisotopic (exact) mass is 421 g/mol. The zero-order valence-electron chi connectivity index (χ0n) is 18.1. The molecule has 1 saturated heterocycles. The minimum Gasteiger partial charge on any atom is -0.379 e. The van der Waals surface area contributed by atoms with Gasteiger partial charge in [0.15, 0.2) is 0 Å². The molecule has 2 aliphatic heterocycles. The summed E-state index contributed by atoms with van der Waals surface area (Å²) in [5, 5.41) is 5.10. The van der Waals surface area contributed by atoms with Crippen molar-refractivity contribution >= 4 is 17.2 Å². The van der Waals surface area contributed by atoms with Gasteiger partial charge in [0.05, 0.1) is 13.2 Å². The Labute approximate surface area is 184 Å². The standard InChI is InChI=1S/C24H31N5O2/c1-2-29-18-21(16-26-29)23-9-10-25-15-20(23)5-8-24(30)27-22-6-3-19(4-7-22)17-28-11-13-31-14-12-28/h3-4,6-7,9-10,15,18,26H,2,5,8,11-14,16-17H2,1H3,(H,27,30). The highest BCUT2D eigenvalue weighted by Gasteiger charge is 2.16. The molecule has 2 N–H and O–H groups in total. The van der Waals surface area contributed by atoms with Gasteiger partial charge in [-0.2, -0.15) is 0 Å². The highest BCUT2D eigenvalue weighted by Crippen LogP contribution is 2.23. The second-order valence-electron chi connectivity index (χ2n) is 7.94. The van der Waals surface area contributed by atoms with Crippen LogP contribution in [0, 0.1) is 0 Å². The highest BCUT2D eigenvalue weighted by atomic mass is 16.5. The summed E-state index contributed by atoms with van der Waals surface area (Å²) < 4.78 is 5.40. The van der Waals surface area contributed by atoms with E-state index in [9.17, 15) is 4.79 Å². The lowest BCUT2D eigenvalue weighted by atomic mass is 9.99. The summed E-state index contributed by atoms with van der Waals surface area (Å²) in [6.45, 7) is 8.29. The van der Waals surface area contributed by atoms with Gasteiger partial charge >= 0.3 is 0 Å². The Hall–Kier alpha value is -2.74. The molecule has 0 atom stereocenters. The topological polar surface area (TPSA) is 69.7 Å². The van der Waals surface area contributed by atoms with E-state index in [1.165, 1.54) is 16.7 Å². The van der Waals surface area contributed by atoms with E-state index in [1.807, 2.05) is 30.6 Å². The molecule has 1 amide bonds. The summed E-state index contributed by atoms with van der Waals surface area (Å²) in [5.41, 5.74) is 8.93. The molecule has 7 nitrogen and oxygen atoms in total. The summed E-state index contributed by atoms with van der Waals surface area (Å²) in [6.07, 6.45) is 6.91. The number of benzene rings is 1. The van der Waals surface area contributed by atoms with Gasteiger partial charge in [0.2, 0.25) is 5.91 Å². The zero-order valence-corrected chi connectivity index (χ0v) is 18.1. The van der Waals surface area contributed by atoms with Crippen LogP contribution in [0.3, 0.4) is 0 Å². The van der Waals surface area contributed by atoms with Crippen molar-refractivity contribution in [3.05, 3.63) is 65.6 Å². The van der Waals surface area contributed by atoms with E-state index >= 15 is 0 Å². The van der Waals surface area contributed by atoms with E-state index in [2.05, 4.69) is 50.9 Å². The van der Waals surface area contributed by atoms with Gasteiger partial charge in [0.25, 0.3) is 0 Å². The SMILES string of the molecule is CCN1C=C(c2ccncc2CCC(=O)Nc2ccc(CN3CCOCC3)cc2)CN1. The van der Waals surface area contributed by atoms with E-state index in [4.69, 9.17) is 4.74 Å². The van der Waals surface area contributed by atoms with Crippen LogP contribution < -0.4 is 10.7 Å². The van der Waals surface area contributed by atoms with Crippen LogP contribution in [0.25, 0.3) is 5.57 Å². The fourth-order valence-corrected chi connectivity index (χ4v) is 3.96. The Morgan fingerprint density at radius 1 is 1.19 bits per heavy atom. The number of hydrogen-bond acceptors (Lipinski definition) is 6. The van der Waals surface area contributed by atoms with Crippen molar-refractivity contribution in [2.45, 2.75) is 26.3 Å². The number of amides is 1. The summed E-state index contributed by atoms with van der Waals surface area (Å²) in [4.78, 5) is 19.2. The number of rotatable bonds is 8. The Balaban J connectivity index is 1.30. The fraction of sp³-hybridized carbons (Fsp3) is 0.417. The van der Waals surface area contributed by atoms with Crippen LogP contribution in [-0.2, 0) is 22.5 Å². The van der Waals surface area contributed by atoms with Crippen LogP contribution in [0.5, 0.6) is 0 Å². The van der Waals surface area contributed by atoms with Crippen LogP contribution in [0.15, 0.2) is 48.9 Å². The van der Waals surface area contributed by atoms with Crippen LogP contribution in [0.4, 0.5) is 5.69 Å². The number of nitrogens with zero attached hydrogens (tertiary/aromatic N) is 3. The molecule has 0 unspecified atom stereocenters. The molecule has 164 valence electrons. The molecule has 7 heteroatoms. The van der Waals surface area contributed by atoms with Crippen molar-refractivity contribution in [3.63, 3.8) is 0 Å². The molecule has 4 rings (SSSR count). The van der Waals surface area contributed by atoms with Crippen molar-refractivity contribution in [2.24, 2.45) is 0 Å². The number of nitrogens with one attached hydrogen (secondary N) is 2. The van der Waals surface area contributed by atoms with Crippen molar-refractivity contribution in [1.82, 2.24) is 20.3 Å². The highest BCUT2D eigenvalue weighted by molar-refractivity contribution is 5.91. The Morgan fingerprint density at radius 2 is 2.00 bits per heavy atom. The quantitative estimate of drug-likeness (QED) is 0.683. The van der Waals surface area contributed by atoms with Gasteiger partial charge in [0, 0.05) is 63.4 Å². The van der Waals surface area contributed by atoms with Crippen LogP contribution >= 0.6 is 0 Å². The Kier molecular flexibility index (Phi) is 7.30.